The summed E-state index contributed by atoms with van der Waals surface area (Å²) in [7, 11) is 0. The van der Waals surface area contributed by atoms with Gasteiger partial charge in [0, 0.05) is 31.4 Å². The monoisotopic (exact) mass is 305 g/mol. The van der Waals surface area contributed by atoms with Crippen LogP contribution in [0.1, 0.15) is 38.2 Å². The Morgan fingerprint density at radius 3 is 2.90 bits per heavy atom. The first-order valence-corrected chi connectivity index (χ1v) is 7.33. The van der Waals surface area contributed by atoms with Gasteiger partial charge in [0.25, 0.3) is 0 Å². The first-order chi connectivity index (χ1) is 9.82. The van der Waals surface area contributed by atoms with Gasteiger partial charge in [-0.1, -0.05) is 0 Å². The molecule has 1 heterocycles. The van der Waals surface area contributed by atoms with Crippen molar-refractivity contribution in [1.29, 1.82) is 0 Å². The van der Waals surface area contributed by atoms with Crippen LogP contribution in [0.2, 0.25) is 0 Å². The number of alkyl halides is 3. The van der Waals surface area contributed by atoms with Gasteiger partial charge in [-0.05, 0) is 32.6 Å². The number of rotatable bonds is 5. The van der Waals surface area contributed by atoms with Crippen molar-refractivity contribution < 1.29 is 18.3 Å². The van der Waals surface area contributed by atoms with Crippen molar-refractivity contribution in [3.05, 3.63) is 18.0 Å². The number of nitrogens with one attached hydrogen (secondary N) is 1. The quantitative estimate of drug-likeness (QED) is 0.878. The second kappa shape index (κ2) is 6.36. The van der Waals surface area contributed by atoms with Crippen LogP contribution >= 0.6 is 0 Å². The Kier molecular flexibility index (Phi) is 4.93. The van der Waals surface area contributed by atoms with Gasteiger partial charge in [-0.25, -0.2) is 0 Å². The second-order valence-corrected chi connectivity index (χ2v) is 5.87. The molecule has 120 valence electrons. The molecular weight excluding hydrogens is 283 g/mol. The van der Waals surface area contributed by atoms with Gasteiger partial charge in [-0.15, -0.1) is 0 Å². The first-order valence-electron chi connectivity index (χ1n) is 7.33. The second-order valence-electron chi connectivity index (χ2n) is 5.87. The Balaban J connectivity index is 1.83. The highest BCUT2D eigenvalue weighted by atomic mass is 19.4. The van der Waals surface area contributed by atoms with Crippen LogP contribution in [-0.2, 0) is 13.1 Å². The Morgan fingerprint density at radius 2 is 2.29 bits per heavy atom. The Bertz CT molecular complexity index is 461. The van der Waals surface area contributed by atoms with Crippen molar-refractivity contribution in [3.8, 4) is 0 Å². The van der Waals surface area contributed by atoms with E-state index in [9.17, 15) is 18.3 Å². The van der Waals surface area contributed by atoms with E-state index in [2.05, 4.69) is 10.4 Å². The molecule has 0 saturated heterocycles. The third kappa shape index (κ3) is 4.44. The third-order valence-corrected chi connectivity index (χ3v) is 4.08. The van der Waals surface area contributed by atoms with Crippen LogP contribution in [0.3, 0.4) is 0 Å². The molecule has 1 fully saturated rings. The molecule has 2 atom stereocenters. The summed E-state index contributed by atoms with van der Waals surface area (Å²) in [6, 6.07) is 0. The molecule has 7 heteroatoms. The minimum atomic E-state index is -4.21. The number of hydrogen-bond donors (Lipinski definition) is 2. The number of hydrogen-bond acceptors (Lipinski definition) is 3. The third-order valence-electron chi connectivity index (χ3n) is 4.08. The zero-order chi connectivity index (χ0) is 15.5. The van der Waals surface area contributed by atoms with Crippen molar-refractivity contribution >= 4 is 0 Å². The first kappa shape index (κ1) is 16.3. The van der Waals surface area contributed by atoms with E-state index >= 15 is 0 Å². The smallest absolute Gasteiger partial charge is 0.389 e. The molecule has 0 amide bonds. The molecule has 1 saturated carbocycles. The fraction of sp³-hybridized carbons (Fsp3) is 0.786. The van der Waals surface area contributed by atoms with Crippen LogP contribution in [-0.4, -0.2) is 33.2 Å². The molecule has 0 unspecified atom stereocenters. The molecule has 2 rings (SSSR count). The largest absolute Gasteiger partial charge is 0.391 e. The van der Waals surface area contributed by atoms with Gasteiger partial charge in [0.05, 0.1) is 17.7 Å². The normalized spacial score (nSPS) is 27.0. The molecule has 2 N–H and O–H groups in total. The summed E-state index contributed by atoms with van der Waals surface area (Å²) >= 11 is 0. The van der Waals surface area contributed by atoms with Crippen LogP contribution in [0.15, 0.2) is 12.4 Å². The average molecular weight is 305 g/mol. The molecule has 0 bridgehead atoms. The van der Waals surface area contributed by atoms with Gasteiger partial charge < -0.3 is 10.4 Å². The Morgan fingerprint density at radius 1 is 1.52 bits per heavy atom. The van der Waals surface area contributed by atoms with Crippen LogP contribution in [0.25, 0.3) is 0 Å². The average Bonchev–Trinajstić information content (AvgIpc) is 2.85. The van der Waals surface area contributed by atoms with E-state index < -0.39 is 17.7 Å². The van der Waals surface area contributed by atoms with Gasteiger partial charge in [0.2, 0.25) is 0 Å². The van der Waals surface area contributed by atoms with Crippen molar-refractivity contribution in [3.63, 3.8) is 0 Å². The maximum atomic E-state index is 12.8. The summed E-state index contributed by atoms with van der Waals surface area (Å²) in [6.07, 6.45) is 0.136. The van der Waals surface area contributed by atoms with Gasteiger partial charge in [-0.2, -0.15) is 18.3 Å². The van der Waals surface area contributed by atoms with Gasteiger partial charge in [-0.3, -0.25) is 4.68 Å². The summed E-state index contributed by atoms with van der Waals surface area (Å²) in [5.41, 5.74) is -0.303. The SMILES string of the molecule is CCn1cc(CNC[C@@]2(O)CCC[C@@H](C(F)(F)F)C2)cn1. The van der Waals surface area contributed by atoms with Gasteiger partial charge >= 0.3 is 6.18 Å². The van der Waals surface area contributed by atoms with E-state index in [0.29, 0.717) is 19.4 Å². The topological polar surface area (TPSA) is 50.1 Å². The van der Waals surface area contributed by atoms with E-state index in [-0.39, 0.29) is 19.4 Å². The van der Waals surface area contributed by atoms with Crippen LogP contribution in [0.4, 0.5) is 13.2 Å². The zero-order valence-corrected chi connectivity index (χ0v) is 12.2. The summed E-state index contributed by atoms with van der Waals surface area (Å²) < 4.78 is 40.1. The van der Waals surface area contributed by atoms with Crippen LogP contribution in [0.5, 0.6) is 0 Å². The molecule has 0 aliphatic heterocycles. The minimum absolute atomic E-state index is 0.120. The predicted molar refractivity (Wildman–Crippen MR) is 72.6 cm³/mol. The fourth-order valence-corrected chi connectivity index (χ4v) is 2.89. The Labute approximate surface area is 122 Å². The lowest BCUT2D eigenvalue weighted by Crippen LogP contribution is -2.46. The summed E-state index contributed by atoms with van der Waals surface area (Å²) in [5.74, 6) is -1.39. The highest BCUT2D eigenvalue weighted by Gasteiger charge is 2.46. The standard InChI is InChI=1S/C14H22F3N3O/c1-2-20-9-11(8-19-20)7-18-10-13(21)5-3-4-12(6-13)14(15,16)17/h8-9,12,18,21H,2-7,10H2,1H3/t12-,13-/m1/s1. The molecule has 21 heavy (non-hydrogen) atoms. The molecule has 1 aliphatic rings. The maximum absolute atomic E-state index is 12.8. The molecule has 4 nitrogen and oxygen atoms in total. The van der Waals surface area contributed by atoms with E-state index in [1.54, 1.807) is 10.9 Å². The number of halogens is 3. The van der Waals surface area contributed by atoms with Gasteiger partial charge in [0.15, 0.2) is 0 Å². The number of aliphatic hydroxyl groups is 1. The minimum Gasteiger partial charge on any atom is -0.389 e. The molecule has 0 radical (unpaired) electrons. The lowest BCUT2D eigenvalue weighted by molar-refractivity contribution is -0.200. The lowest BCUT2D eigenvalue weighted by Gasteiger charge is -2.37. The predicted octanol–water partition coefficient (Wildman–Crippen LogP) is 2.48. The molecule has 0 aromatic carbocycles. The number of nitrogens with zero attached hydrogens (tertiary/aromatic N) is 2. The van der Waals surface area contributed by atoms with Crippen LogP contribution < -0.4 is 5.32 Å². The molecular formula is C14H22F3N3O. The maximum Gasteiger partial charge on any atom is 0.391 e. The molecule has 1 aromatic rings. The fourth-order valence-electron chi connectivity index (χ4n) is 2.89. The van der Waals surface area contributed by atoms with E-state index in [1.165, 1.54) is 0 Å². The summed E-state index contributed by atoms with van der Waals surface area (Å²) in [6.45, 7) is 3.43. The summed E-state index contributed by atoms with van der Waals surface area (Å²) in [5, 5.41) is 17.5. The van der Waals surface area contributed by atoms with E-state index in [1.807, 2.05) is 13.1 Å². The molecule has 0 spiro atoms. The summed E-state index contributed by atoms with van der Waals surface area (Å²) in [4.78, 5) is 0. The van der Waals surface area contributed by atoms with Crippen LogP contribution in [0, 0.1) is 5.92 Å². The number of aryl methyl sites for hydroxylation is 1. The van der Waals surface area contributed by atoms with Crippen molar-refractivity contribution in [2.75, 3.05) is 6.54 Å². The highest BCUT2D eigenvalue weighted by Crippen LogP contribution is 2.41. The van der Waals surface area contributed by atoms with Crippen molar-refractivity contribution in [2.24, 2.45) is 5.92 Å². The molecule has 1 aromatic heterocycles. The lowest BCUT2D eigenvalue weighted by atomic mass is 9.77. The van der Waals surface area contributed by atoms with Gasteiger partial charge in [0.1, 0.15) is 0 Å². The zero-order valence-electron chi connectivity index (χ0n) is 12.2. The molecule has 1 aliphatic carbocycles. The highest BCUT2D eigenvalue weighted by molar-refractivity contribution is 5.03. The van der Waals surface area contributed by atoms with Crippen molar-refractivity contribution in [1.82, 2.24) is 15.1 Å². The number of aromatic nitrogens is 2. The van der Waals surface area contributed by atoms with E-state index in [4.69, 9.17) is 0 Å². The van der Waals surface area contributed by atoms with Crippen molar-refractivity contribution in [2.45, 2.75) is 57.5 Å². The van der Waals surface area contributed by atoms with E-state index in [0.717, 1.165) is 12.1 Å². The Hall–Kier alpha value is -1.08.